The number of aliphatic hydroxyl groups excluding tert-OH is 1. The molecule has 3 N–H and O–H groups in total. The fourth-order valence-electron chi connectivity index (χ4n) is 2.56. The summed E-state index contributed by atoms with van der Waals surface area (Å²) >= 11 is 0. The van der Waals surface area contributed by atoms with Crippen molar-refractivity contribution in [3.8, 4) is 0 Å². The van der Waals surface area contributed by atoms with Crippen LogP contribution >= 0.6 is 0 Å². The first-order chi connectivity index (χ1) is 12.1. The molecule has 1 amide bonds. The highest BCUT2D eigenvalue weighted by atomic mass is 19.1. The molecular formula is C14H16FN3O8. The highest BCUT2D eigenvalue weighted by Gasteiger charge is 2.50. The number of amides is 1. The Balaban J connectivity index is 2.56. The maximum atomic E-state index is 13.7. The molecule has 1 aromatic heterocycles. The molecule has 1 saturated heterocycles. The van der Waals surface area contributed by atoms with Gasteiger partial charge < -0.3 is 25.1 Å². The summed E-state index contributed by atoms with van der Waals surface area (Å²) in [5.41, 5.74) is 2.99. The van der Waals surface area contributed by atoms with E-state index in [1.54, 1.807) is 0 Å². The topological polar surface area (TPSA) is 160 Å². The quantitative estimate of drug-likeness (QED) is 0.569. The summed E-state index contributed by atoms with van der Waals surface area (Å²) in [7, 11) is 0. The minimum atomic E-state index is -1.50. The molecule has 1 aromatic rings. The summed E-state index contributed by atoms with van der Waals surface area (Å²) in [4.78, 5) is 49.4. The lowest BCUT2D eigenvalue weighted by molar-refractivity contribution is -0.165. The summed E-state index contributed by atoms with van der Waals surface area (Å²) in [5, 5.41) is 9.43. The Bertz CT molecular complexity index is 795. The Morgan fingerprint density at radius 2 is 1.88 bits per heavy atom. The van der Waals surface area contributed by atoms with Gasteiger partial charge in [0, 0.05) is 13.8 Å². The van der Waals surface area contributed by atoms with Crippen molar-refractivity contribution in [1.82, 2.24) is 9.55 Å². The Morgan fingerprint density at radius 1 is 1.31 bits per heavy atom. The molecule has 4 atom stereocenters. The third-order valence-electron chi connectivity index (χ3n) is 3.48. The summed E-state index contributed by atoms with van der Waals surface area (Å²) in [5.74, 6) is -4.07. The van der Waals surface area contributed by atoms with Gasteiger partial charge in [-0.05, 0) is 0 Å². The molecule has 0 radical (unpaired) electrons. The van der Waals surface area contributed by atoms with E-state index in [2.05, 4.69) is 4.98 Å². The van der Waals surface area contributed by atoms with Gasteiger partial charge in [0.2, 0.25) is 5.95 Å². The largest absolute Gasteiger partial charge is 0.456 e. The number of halogens is 1. The molecule has 2 heterocycles. The number of ether oxygens (including phenoxy) is 3. The van der Waals surface area contributed by atoms with Gasteiger partial charge in [0.15, 0.2) is 24.1 Å². The van der Waals surface area contributed by atoms with Crippen molar-refractivity contribution in [1.29, 1.82) is 0 Å². The van der Waals surface area contributed by atoms with Crippen LogP contribution in [0.2, 0.25) is 0 Å². The smallest absolute Gasteiger partial charge is 0.303 e. The van der Waals surface area contributed by atoms with Crippen molar-refractivity contribution >= 4 is 17.8 Å². The predicted octanol–water partition coefficient (Wildman–Crippen LogP) is -1.77. The predicted molar refractivity (Wildman–Crippen MR) is 79.1 cm³/mol. The van der Waals surface area contributed by atoms with Gasteiger partial charge in [-0.25, -0.2) is 4.98 Å². The minimum absolute atomic E-state index is 0.599. The second-order valence-electron chi connectivity index (χ2n) is 5.38. The highest BCUT2D eigenvalue weighted by molar-refractivity contribution is 5.90. The average molecular weight is 373 g/mol. The molecule has 0 saturated carbocycles. The molecule has 0 aliphatic carbocycles. The average Bonchev–Trinajstić information content (AvgIpc) is 2.85. The van der Waals surface area contributed by atoms with Crippen LogP contribution in [0.1, 0.15) is 30.6 Å². The molecule has 2 rings (SSSR count). The molecule has 1 aliphatic rings. The number of aromatic nitrogens is 2. The van der Waals surface area contributed by atoms with E-state index in [-0.39, 0.29) is 0 Å². The van der Waals surface area contributed by atoms with Crippen LogP contribution < -0.4 is 11.3 Å². The van der Waals surface area contributed by atoms with Crippen molar-refractivity contribution in [3.05, 3.63) is 28.2 Å². The third-order valence-corrected chi connectivity index (χ3v) is 3.48. The van der Waals surface area contributed by atoms with Crippen LogP contribution in [-0.2, 0) is 23.8 Å². The van der Waals surface area contributed by atoms with Gasteiger partial charge in [0.25, 0.3) is 11.5 Å². The highest BCUT2D eigenvalue weighted by Crippen LogP contribution is 2.33. The van der Waals surface area contributed by atoms with Crippen LogP contribution in [0.5, 0.6) is 0 Å². The van der Waals surface area contributed by atoms with E-state index in [9.17, 15) is 28.7 Å². The normalized spacial score (nSPS) is 24.9. The molecule has 0 aromatic carbocycles. The van der Waals surface area contributed by atoms with E-state index in [1.165, 1.54) is 0 Å². The fraction of sp³-hybridized carbons (Fsp3) is 0.500. The third kappa shape index (κ3) is 3.86. The Labute approximate surface area is 145 Å². The molecule has 142 valence electrons. The van der Waals surface area contributed by atoms with Crippen LogP contribution in [0.4, 0.5) is 4.39 Å². The van der Waals surface area contributed by atoms with Crippen molar-refractivity contribution in [2.75, 3.05) is 6.61 Å². The van der Waals surface area contributed by atoms with Crippen molar-refractivity contribution in [3.63, 3.8) is 0 Å². The van der Waals surface area contributed by atoms with Crippen LogP contribution in [0, 0.1) is 5.95 Å². The van der Waals surface area contributed by atoms with Gasteiger partial charge in [0.1, 0.15) is 6.10 Å². The van der Waals surface area contributed by atoms with E-state index < -0.39 is 66.2 Å². The monoisotopic (exact) mass is 373 g/mol. The van der Waals surface area contributed by atoms with Gasteiger partial charge in [0.05, 0.1) is 12.8 Å². The standard InChI is InChI=1S/C14H16FN3O8/c1-5(20)24-10-7(4-19)26-14(11(10)25-6(2)21)18-3-8(15)17-9(12(16)22)13(18)23/h3,7,10-11,14,19H,4H2,1-2H3,(H2,16,22)/t7-,10-,11-,14-/m1/s1. The van der Waals surface area contributed by atoms with E-state index in [4.69, 9.17) is 19.9 Å². The summed E-state index contributed by atoms with van der Waals surface area (Å²) < 4.78 is 29.8. The number of esters is 2. The first-order valence-corrected chi connectivity index (χ1v) is 7.35. The number of rotatable bonds is 5. The number of hydrogen-bond acceptors (Lipinski definition) is 9. The fourth-order valence-corrected chi connectivity index (χ4v) is 2.56. The van der Waals surface area contributed by atoms with E-state index in [0.29, 0.717) is 10.8 Å². The molecule has 1 fully saturated rings. The maximum absolute atomic E-state index is 13.7. The lowest BCUT2D eigenvalue weighted by Gasteiger charge is -2.23. The second-order valence-corrected chi connectivity index (χ2v) is 5.38. The van der Waals surface area contributed by atoms with Crippen LogP contribution in [0.15, 0.2) is 11.0 Å². The van der Waals surface area contributed by atoms with E-state index in [0.717, 1.165) is 13.8 Å². The van der Waals surface area contributed by atoms with Gasteiger partial charge in [-0.3, -0.25) is 23.7 Å². The van der Waals surface area contributed by atoms with Crippen LogP contribution in [0.25, 0.3) is 0 Å². The van der Waals surface area contributed by atoms with Crippen LogP contribution in [0.3, 0.4) is 0 Å². The number of hydrogen-bond donors (Lipinski definition) is 2. The Kier molecular flexibility index (Phi) is 5.67. The molecule has 11 nitrogen and oxygen atoms in total. The number of carbonyl (C=O) groups is 3. The molecule has 0 unspecified atom stereocenters. The lowest BCUT2D eigenvalue weighted by Crippen LogP contribution is -2.42. The van der Waals surface area contributed by atoms with Crippen molar-refractivity contribution < 1.29 is 38.1 Å². The van der Waals surface area contributed by atoms with Gasteiger partial charge >= 0.3 is 11.9 Å². The number of primary amides is 1. The molecule has 12 heteroatoms. The van der Waals surface area contributed by atoms with Gasteiger partial charge in [-0.1, -0.05) is 0 Å². The molecule has 0 spiro atoms. The number of carbonyl (C=O) groups excluding carboxylic acids is 3. The number of nitrogens with two attached hydrogens (primary N) is 1. The van der Waals surface area contributed by atoms with Gasteiger partial charge in [-0.15, -0.1) is 0 Å². The number of nitrogens with zero attached hydrogens (tertiary/aromatic N) is 2. The molecule has 1 aliphatic heterocycles. The Morgan fingerprint density at radius 3 is 2.38 bits per heavy atom. The first kappa shape index (κ1) is 19.5. The summed E-state index contributed by atoms with van der Waals surface area (Å²) in [6.45, 7) is 1.48. The lowest BCUT2D eigenvalue weighted by atomic mass is 10.1. The van der Waals surface area contributed by atoms with Gasteiger partial charge in [-0.2, -0.15) is 4.39 Å². The second kappa shape index (κ2) is 7.58. The first-order valence-electron chi connectivity index (χ1n) is 7.35. The minimum Gasteiger partial charge on any atom is -0.456 e. The zero-order chi connectivity index (χ0) is 19.6. The summed E-state index contributed by atoms with van der Waals surface area (Å²) in [6.07, 6.45) is -4.72. The zero-order valence-electron chi connectivity index (χ0n) is 13.7. The van der Waals surface area contributed by atoms with Crippen LogP contribution in [-0.4, -0.2) is 57.4 Å². The SMILES string of the molecule is CC(=O)O[C@@H]1[C@H](OC(C)=O)[C@@H](CO)O[C@H]1n1cc(F)nc(C(N)=O)c1=O. The molecule has 26 heavy (non-hydrogen) atoms. The maximum Gasteiger partial charge on any atom is 0.303 e. The molecule has 0 bridgehead atoms. The summed E-state index contributed by atoms with van der Waals surface area (Å²) in [6, 6.07) is 0. The molecular weight excluding hydrogens is 357 g/mol. The number of aliphatic hydroxyl groups is 1. The zero-order valence-corrected chi connectivity index (χ0v) is 13.7. The van der Waals surface area contributed by atoms with E-state index >= 15 is 0 Å². The van der Waals surface area contributed by atoms with Crippen molar-refractivity contribution in [2.24, 2.45) is 5.73 Å². The van der Waals surface area contributed by atoms with E-state index in [1.807, 2.05) is 0 Å². The van der Waals surface area contributed by atoms with Crippen molar-refractivity contribution in [2.45, 2.75) is 38.4 Å². The Hall–Kier alpha value is -2.86.